The van der Waals surface area contributed by atoms with Crippen LogP contribution >= 0.6 is 0 Å². The molecule has 2 aromatic carbocycles. The van der Waals surface area contributed by atoms with Gasteiger partial charge in [0.05, 0.1) is 15.9 Å². The number of nitrogens with one attached hydrogen (secondary N) is 1. The first-order chi connectivity index (χ1) is 11.1. The molecule has 23 heavy (non-hydrogen) atoms. The number of hydrogen-bond acceptors (Lipinski definition) is 6. The standard InChI is InChI=1S/C14H9N5O4/c20-18(21)9-5-6-12(14(7-9)19(22)23)16-17-13-8-15-11-4-2-1-3-10(11)13/h1-8,15H. The number of hydrogen-bond donors (Lipinski definition) is 1. The van der Waals surface area contributed by atoms with E-state index in [1.807, 2.05) is 24.3 Å². The predicted molar refractivity (Wildman–Crippen MR) is 82.2 cm³/mol. The molecule has 0 fully saturated rings. The molecule has 1 aromatic heterocycles. The van der Waals surface area contributed by atoms with Crippen molar-refractivity contribution in [3.63, 3.8) is 0 Å². The topological polar surface area (TPSA) is 127 Å². The van der Waals surface area contributed by atoms with Gasteiger partial charge in [0.25, 0.3) is 5.69 Å². The molecule has 0 amide bonds. The smallest absolute Gasteiger partial charge is 0.303 e. The second kappa shape index (κ2) is 5.64. The van der Waals surface area contributed by atoms with E-state index in [2.05, 4.69) is 15.2 Å². The van der Waals surface area contributed by atoms with Crippen LogP contribution in [-0.4, -0.2) is 14.8 Å². The quantitative estimate of drug-likeness (QED) is 0.435. The van der Waals surface area contributed by atoms with Gasteiger partial charge in [0, 0.05) is 23.2 Å². The zero-order valence-electron chi connectivity index (χ0n) is 11.5. The number of para-hydroxylation sites is 1. The van der Waals surface area contributed by atoms with Crippen LogP contribution in [0.1, 0.15) is 0 Å². The summed E-state index contributed by atoms with van der Waals surface area (Å²) in [4.78, 5) is 23.3. The molecule has 0 saturated carbocycles. The number of rotatable bonds is 4. The molecule has 0 unspecified atom stereocenters. The second-order valence-electron chi connectivity index (χ2n) is 4.61. The lowest BCUT2D eigenvalue weighted by molar-refractivity contribution is -0.393. The highest BCUT2D eigenvalue weighted by Gasteiger charge is 2.19. The van der Waals surface area contributed by atoms with E-state index < -0.39 is 15.5 Å². The summed E-state index contributed by atoms with van der Waals surface area (Å²) < 4.78 is 0. The molecule has 3 aromatic rings. The first-order valence-electron chi connectivity index (χ1n) is 6.47. The number of aromatic amines is 1. The molecule has 0 spiro atoms. The summed E-state index contributed by atoms with van der Waals surface area (Å²) in [6.07, 6.45) is 1.63. The van der Waals surface area contributed by atoms with Crippen LogP contribution in [-0.2, 0) is 0 Å². The molecule has 9 nitrogen and oxygen atoms in total. The Hall–Kier alpha value is -3.62. The van der Waals surface area contributed by atoms with E-state index in [1.165, 1.54) is 6.07 Å². The molecule has 9 heteroatoms. The van der Waals surface area contributed by atoms with Gasteiger partial charge in [0.2, 0.25) is 0 Å². The molecule has 0 radical (unpaired) electrons. The van der Waals surface area contributed by atoms with Crippen molar-refractivity contribution in [2.75, 3.05) is 0 Å². The minimum Gasteiger partial charge on any atom is -0.359 e. The Bertz CT molecular complexity index is 947. The third-order valence-electron chi connectivity index (χ3n) is 3.20. The maximum atomic E-state index is 11.0. The van der Waals surface area contributed by atoms with E-state index in [9.17, 15) is 20.2 Å². The summed E-state index contributed by atoms with van der Waals surface area (Å²) >= 11 is 0. The van der Waals surface area contributed by atoms with Gasteiger partial charge in [-0.25, -0.2) is 0 Å². The van der Waals surface area contributed by atoms with Gasteiger partial charge in [0.1, 0.15) is 5.69 Å². The third-order valence-corrected chi connectivity index (χ3v) is 3.20. The number of nitro benzene ring substituents is 2. The number of azo groups is 1. The van der Waals surface area contributed by atoms with Gasteiger partial charge in [-0.1, -0.05) is 18.2 Å². The van der Waals surface area contributed by atoms with Gasteiger partial charge >= 0.3 is 5.69 Å². The molecule has 0 bridgehead atoms. The molecular weight excluding hydrogens is 302 g/mol. The lowest BCUT2D eigenvalue weighted by atomic mass is 10.2. The fraction of sp³-hybridized carbons (Fsp3) is 0. The minimum absolute atomic E-state index is 0.0501. The van der Waals surface area contributed by atoms with Gasteiger partial charge in [-0.05, 0) is 12.1 Å². The predicted octanol–water partition coefficient (Wildman–Crippen LogP) is 4.40. The SMILES string of the molecule is O=[N+]([O-])c1ccc(N=Nc2c[nH]c3ccccc23)c([N+](=O)[O-])c1. The fourth-order valence-corrected chi connectivity index (χ4v) is 2.10. The zero-order chi connectivity index (χ0) is 16.4. The van der Waals surface area contributed by atoms with Crippen LogP contribution in [0.15, 0.2) is 58.9 Å². The van der Waals surface area contributed by atoms with Gasteiger partial charge in [-0.2, -0.15) is 0 Å². The van der Waals surface area contributed by atoms with Crippen molar-refractivity contribution in [3.05, 3.63) is 68.9 Å². The van der Waals surface area contributed by atoms with Crippen LogP contribution in [0.25, 0.3) is 10.9 Å². The molecule has 3 rings (SSSR count). The van der Waals surface area contributed by atoms with Crippen LogP contribution in [0.4, 0.5) is 22.7 Å². The maximum Gasteiger partial charge on any atom is 0.303 e. The highest BCUT2D eigenvalue weighted by atomic mass is 16.6. The molecule has 0 aliphatic rings. The lowest BCUT2D eigenvalue weighted by Crippen LogP contribution is -1.92. The Morgan fingerprint density at radius 2 is 1.65 bits per heavy atom. The van der Waals surface area contributed by atoms with Crippen LogP contribution in [0.3, 0.4) is 0 Å². The summed E-state index contributed by atoms with van der Waals surface area (Å²) in [5.41, 5.74) is 0.490. The number of nitrogens with zero attached hydrogens (tertiary/aromatic N) is 4. The average molecular weight is 311 g/mol. The first-order valence-corrected chi connectivity index (χ1v) is 6.47. The highest BCUT2D eigenvalue weighted by molar-refractivity contribution is 5.90. The van der Waals surface area contributed by atoms with Gasteiger partial charge < -0.3 is 4.98 Å². The average Bonchev–Trinajstić information content (AvgIpc) is 2.95. The fourth-order valence-electron chi connectivity index (χ4n) is 2.10. The van der Waals surface area contributed by atoms with Crippen molar-refractivity contribution in [2.24, 2.45) is 10.2 Å². The number of nitro groups is 2. The third kappa shape index (κ3) is 2.75. The van der Waals surface area contributed by atoms with E-state index in [-0.39, 0.29) is 11.4 Å². The molecule has 0 aliphatic carbocycles. The van der Waals surface area contributed by atoms with Gasteiger partial charge in [-0.3, -0.25) is 20.2 Å². The summed E-state index contributed by atoms with van der Waals surface area (Å²) in [5, 5.41) is 30.4. The minimum atomic E-state index is -0.726. The van der Waals surface area contributed by atoms with Crippen molar-refractivity contribution in [2.45, 2.75) is 0 Å². The van der Waals surface area contributed by atoms with Gasteiger partial charge in [0.15, 0.2) is 5.69 Å². The number of non-ortho nitro benzene ring substituents is 1. The van der Waals surface area contributed by atoms with Crippen LogP contribution < -0.4 is 0 Å². The Balaban J connectivity index is 2.02. The van der Waals surface area contributed by atoms with Crippen molar-refractivity contribution in [3.8, 4) is 0 Å². The van der Waals surface area contributed by atoms with E-state index >= 15 is 0 Å². The molecule has 1 N–H and O–H groups in total. The summed E-state index contributed by atoms with van der Waals surface area (Å²) in [6.45, 7) is 0. The van der Waals surface area contributed by atoms with Crippen molar-refractivity contribution in [1.82, 2.24) is 4.98 Å². The summed E-state index contributed by atoms with van der Waals surface area (Å²) in [5.74, 6) is 0. The van der Waals surface area contributed by atoms with E-state index in [0.29, 0.717) is 5.69 Å². The van der Waals surface area contributed by atoms with Crippen molar-refractivity contribution < 1.29 is 9.85 Å². The van der Waals surface area contributed by atoms with Crippen LogP contribution in [0, 0.1) is 20.2 Å². The van der Waals surface area contributed by atoms with E-state index in [4.69, 9.17) is 0 Å². The number of aromatic nitrogens is 1. The Kier molecular flexibility index (Phi) is 3.51. The number of fused-ring (bicyclic) bond motifs is 1. The molecule has 0 saturated heterocycles. The largest absolute Gasteiger partial charge is 0.359 e. The Labute approximate surface area is 128 Å². The summed E-state index contributed by atoms with van der Waals surface area (Å²) in [7, 11) is 0. The molecule has 1 heterocycles. The lowest BCUT2D eigenvalue weighted by Gasteiger charge is -1.96. The molecular formula is C14H9N5O4. The number of H-pyrrole nitrogens is 1. The monoisotopic (exact) mass is 311 g/mol. The van der Waals surface area contributed by atoms with Crippen LogP contribution in [0.5, 0.6) is 0 Å². The normalized spacial score (nSPS) is 11.1. The molecule has 0 atom stereocenters. The zero-order valence-corrected chi connectivity index (χ0v) is 11.5. The number of benzene rings is 2. The molecule has 114 valence electrons. The van der Waals surface area contributed by atoms with Gasteiger partial charge in [-0.15, -0.1) is 10.2 Å². The molecule has 0 aliphatic heterocycles. The van der Waals surface area contributed by atoms with E-state index in [1.54, 1.807) is 6.20 Å². The van der Waals surface area contributed by atoms with Crippen molar-refractivity contribution in [1.29, 1.82) is 0 Å². The summed E-state index contributed by atoms with van der Waals surface area (Å²) in [6, 6.07) is 10.6. The second-order valence-corrected chi connectivity index (χ2v) is 4.61. The highest BCUT2D eigenvalue weighted by Crippen LogP contribution is 2.33. The first kappa shape index (κ1) is 14.3. The maximum absolute atomic E-state index is 11.0. The van der Waals surface area contributed by atoms with E-state index in [0.717, 1.165) is 23.0 Å². The Morgan fingerprint density at radius 1 is 0.913 bits per heavy atom. The Morgan fingerprint density at radius 3 is 2.39 bits per heavy atom. The van der Waals surface area contributed by atoms with Crippen LogP contribution in [0.2, 0.25) is 0 Å². The van der Waals surface area contributed by atoms with Crippen molar-refractivity contribution >= 4 is 33.7 Å².